The van der Waals surface area contributed by atoms with Crippen molar-refractivity contribution in [2.45, 2.75) is 47.3 Å². The highest BCUT2D eigenvalue weighted by Crippen LogP contribution is 2.40. The van der Waals surface area contributed by atoms with Gasteiger partial charge in [-0.25, -0.2) is 0 Å². The van der Waals surface area contributed by atoms with Gasteiger partial charge in [-0.3, -0.25) is 0 Å². The van der Waals surface area contributed by atoms with Gasteiger partial charge in [-0.1, -0.05) is 83.2 Å². The molecule has 1 heterocycles. The molecule has 4 aromatic rings. The van der Waals surface area contributed by atoms with E-state index in [2.05, 4.69) is 122 Å². The molecule has 0 aliphatic carbocycles. The monoisotopic (exact) mass is 510 g/mol. The maximum Gasteiger partial charge on any atom is 0.0509 e. The van der Waals surface area contributed by atoms with Gasteiger partial charge in [0.1, 0.15) is 0 Å². The van der Waals surface area contributed by atoms with E-state index < -0.39 is 0 Å². The Labute approximate surface area is 224 Å². The lowest BCUT2D eigenvalue weighted by molar-refractivity contribution is 0.647. The van der Waals surface area contributed by atoms with Gasteiger partial charge in [0.15, 0.2) is 0 Å². The van der Waals surface area contributed by atoms with Gasteiger partial charge in [-0.15, -0.1) is 0 Å². The first-order chi connectivity index (χ1) is 17.5. The van der Waals surface area contributed by atoms with Crippen LogP contribution in [-0.2, 0) is 0 Å². The summed E-state index contributed by atoms with van der Waals surface area (Å²) in [6.07, 6.45) is 0. The van der Waals surface area contributed by atoms with Gasteiger partial charge in [-0.2, -0.15) is 0 Å². The van der Waals surface area contributed by atoms with Gasteiger partial charge in [0.2, 0.25) is 0 Å². The Bertz CT molecular complexity index is 1250. The minimum atomic E-state index is 1.02. The van der Waals surface area contributed by atoms with Crippen molar-refractivity contribution in [3.05, 3.63) is 107 Å². The minimum absolute atomic E-state index is 1.02. The maximum absolute atomic E-state index is 2.56. The van der Waals surface area contributed by atoms with Crippen LogP contribution in [0.2, 0.25) is 0 Å². The van der Waals surface area contributed by atoms with Crippen LogP contribution in [0.1, 0.15) is 22.3 Å². The molecule has 4 heteroatoms. The lowest BCUT2D eigenvalue weighted by atomic mass is 10.2. The standard InChI is InChI=1S/C32H34N2S2/c1-23-13-15-29(25(3)21-23)35-31-11-7-5-9-27(31)33-17-19-34(20-18-33)28-10-6-8-12-32(28)36-30-16-14-24(2)22-26(30)4/h5-16,21-22H,17-20H2,1-4H3. The predicted octanol–water partition coefficient (Wildman–Crippen LogP) is 8.55. The second-order valence-electron chi connectivity index (χ2n) is 9.65. The van der Waals surface area contributed by atoms with Crippen LogP contribution in [0.3, 0.4) is 0 Å². The lowest BCUT2D eigenvalue weighted by Crippen LogP contribution is -2.46. The van der Waals surface area contributed by atoms with Gasteiger partial charge in [0, 0.05) is 45.8 Å². The van der Waals surface area contributed by atoms with Crippen molar-refractivity contribution in [3.63, 3.8) is 0 Å². The van der Waals surface area contributed by atoms with Crippen molar-refractivity contribution >= 4 is 34.9 Å². The first-order valence-corrected chi connectivity index (χ1v) is 14.3. The van der Waals surface area contributed by atoms with E-state index in [0.717, 1.165) is 26.2 Å². The number of benzene rings is 4. The van der Waals surface area contributed by atoms with Crippen molar-refractivity contribution in [1.82, 2.24) is 0 Å². The molecule has 0 atom stereocenters. The summed E-state index contributed by atoms with van der Waals surface area (Å²) in [5, 5.41) is 0. The van der Waals surface area contributed by atoms with Crippen molar-refractivity contribution in [3.8, 4) is 0 Å². The van der Waals surface area contributed by atoms with Crippen molar-refractivity contribution in [2.75, 3.05) is 36.0 Å². The van der Waals surface area contributed by atoms with E-state index in [0.29, 0.717) is 0 Å². The molecule has 0 unspecified atom stereocenters. The molecule has 4 aromatic carbocycles. The Balaban J connectivity index is 1.31. The summed E-state index contributed by atoms with van der Waals surface area (Å²) in [6.45, 7) is 12.8. The van der Waals surface area contributed by atoms with E-state index in [4.69, 9.17) is 0 Å². The van der Waals surface area contributed by atoms with E-state index in [1.165, 1.54) is 53.2 Å². The van der Waals surface area contributed by atoms with Crippen LogP contribution in [0.4, 0.5) is 11.4 Å². The Kier molecular flexibility index (Phi) is 7.64. The number of anilines is 2. The highest BCUT2D eigenvalue weighted by atomic mass is 32.2. The lowest BCUT2D eigenvalue weighted by Gasteiger charge is -2.38. The van der Waals surface area contributed by atoms with Gasteiger partial charge < -0.3 is 9.80 Å². The molecule has 0 radical (unpaired) electrons. The summed E-state index contributed by atoms with van der Waals surface area (Å²) in [4.78, 5) is 10.5. The fraction of sp³-hybridized carbons (Fsp3) is 0.250. The van der Waals surface area contributed by atoms with Crippen LogP contribution in [0, 0.1) is 27.7 Å². The fourth-order valence-corrected chi connectivity index (χ4v) is 6.94. The molecule has 1 aliphatic rings. The first-order valence-electron chi connectivity index (χ1n) is 12.7. The Hall–Kier alpha value is -2.82. The van der Waals surface area contributed by atoms with Crippen LogP contribution >= 0.6 is 23.5 Å². The third-order valence-corrected chi connectivity index (χ3v) is 9.28. The van der Waals surface area contributed by atoms with Crippen LogP contribution in [0.5, 0.6) is 0 Å². The molecular formula is C32H34N2S2. The molecule has 5 rings (SSSR count). The molecule has 184 valence electrons. The molecule has 2 nitrogen and oxygen atoms in total. The average molecular weight is 511 g/mol. The quantitative estimate of drug-likeness (QED) is 0.256. The second kappa shape index (κ2) is 11.1. The third-order valence-electron chi connectivity index (χ3n) is 6.79. The summed E-state index contributed by atoms with van der Waals surface area (Å²) < 4.78 is 0. The van der Waals surface area contributed by atoms with E-state index >= 15 is 0 Å². The normalized spacial score (nSPS) is 13.8. The number of aryl methyl sites for hydroxylation is 4. The summed E-state index contributed by atoms with van der Waals surface area (Å²) in [5.74, 6) is 0. The predicted molar refractivity (Wildman–Crippen MR) is 157 cm³/mol. The molecule has 0 bridgehead atoms. The number of hydrogen-bond donors (Lipinski definition) is 0. The molecule has 0 saturated carbocycles. The molecule has 0 aromatic heterocycles. The molecule has 36 heavy (non-hydrogen) atoms. The second-order valence-corrected chi connectivity index (χ2v) is 11.8. The molecule has 0 N–H and O–H groups in total. The van der Waals surface area contributed by atoms with Crippen LogP contribution in [0.25, 0.3) is 0 Å². The molecule has 1 fully saturated rings. The summed E-state index contributed by atoms with van der Waals surface area (Å²) in [7, 11) is 0. The first kappa shape index (κ1) is 24.9. The average Bonchev–Trinajstić information content (AvgIpc) is 2.88. The summed E-state index contributed by atoms with van der Waals surface area (Å²) in [6, 6.07) is 31.2. The van der Waals surface area contributed by atoms with Gasteiger partial charge in [0.05, 0.1) is 11.4 Å². The van der Waals surface area contributed by atoms with Crippen molar-refractivity contribution < 1.29 is 0 Å². The van der Waals surface area contributed by atoms with E-state index in [-0.39, 0.29) is 0 Å². The number of piperazine rings is 1. The maximum atomic E-state index is 2.56. The van der Waals surface area contributed by atoms with E-state index in [1.807, 2.05) is 23.5 Å². The highest BCUT2D eigenvalue weighted by Gasteiger charge is 2.22. The molecular weight excluding hydrogens is 477 g/mol. The van der Waals surface area contributed by atoms with Gasteiger partial charge in [-0.05, 0) is 75.2 Å². The summed E-state index contributed by atoms with van der Waals surface area (Å²) >= 11 is 3.78. The topological polar surface area (TPSA) is 6.48 Å². The fourth-order valence-electron chi connectivity index (χ4n) is 4.86. The third kappa shape index (κ3) is 5.61. The zero-order chi connectivity index (χ0) is 25.1. The molecule has 0 amide bonds. The number of para-hydroxylation sites is 2. The van der Waals surface area contributed by atoms with Crippen molar-refractivity contribution in [1.29, 1.82) is 0 Å². The Morgan fingerprint density at radius 1 is 0.472 bits per heavy atom. The smallest absolute Gasteiger partial charge is 0.0509 e. The number of rotatable bonds is 6. The Morgan fingerprint density at radius 2 is 0.861 bits per heavy atom. The van der Waals surface area contributed by atoms with Crippen LogP contribution in [-0.4, -0.2) is 26.2 Å². The van der Waals surface area contributed by atoms with Crippen LogP contribution in [0.15, 0.2) is 105 Å². The zero-order valence-electron chi connectivity index (χ0n) is 21.6. The SMILES string of the molecule is Cc1ccc(Sc2ccccc2N2CCN(c3ccccc3Sc3ccc(C)cc3C)CC2)c(C)c1. The van der Waals surface area contributed by atoms with E-state index in [1.54, 1.807) is 0 Å². The molecule has 1 aliphatic heterocycles. The highest BCUT2D eigenvalue weighted by molar-refractivity contribution is 7.99. The summed E-state index contributed by atoms with van der Waals surface area (Å²) in [5.41, 5.74) is 8.02. The van der Waals surface area contributed by atoms with Gasteiger partial charge >= 0.3 is 0 Å². The molecule has 1 saturated heterocycles. The van der Waals surface area contributed by atoms with Crippen molar-refractivity contribution in [2.24, 2.45) is 0 Å². The molecule has 0 spiro atoms. The minimum Gasteiger partial charge on any atom is -0.367 e. The number of hydrogen-bond acceptors (Lipinski definition) is 4. The Morgan fingerprint density at radius 3 is 1.25 bits per heavy atom. The number of nitrogens with zero attached hydrogens (tertiary/aromatic N) is 2. The largest absolute Gasteiger partial charge is 0.367 e. The van der Waals surface area contributed by atoms with E-state index in [9.17, 15) is 0 Å². The van der Waals surface area contributed by atoms with Gasteiger partial charge in [0.25, 0.3) is 0 Å². The van der Waals surface area contributed by atoms with Crippen LogP contribution < -0.4 is 9.80 Å². The zero-order valence-corrected chi connectivity index (χ0v) is 23.3.